The monoisotopic (exact) mass is 314 g/mol. The molecule has 2 aromatic carbocycles. The van der Waals surface area contributed by atoms with Crippen LogP contribution in [0.5, 0.6) is 0 Å². The Balaban J connectivity index is 1.64. The molecule has 1 aliphatic carbocycles. The van der Waals surface area contributed by atoms with Crippen LogP contribution in [0.3, 0.4) is 0 Å². The van der Waals surface area contributed by atoms with Crippen LogP contribution in [0.25, 0.3) is 0 Å². The molecule has 1 aliphatic rings. The van der Waals surface area contributed by atoms with Gasteiger partial charge in [0.1, 0.15) is 0 Å². The van der Waals surface area contributed by atoms with Gasteiger partial charge >= 0.3 is 0 Å². The van der Waals surface area contributed by atoms with Crippen LogP contribution in [-0.4, -0.2) is 11.9 Å². The van der Waals surface area contributed by atoms with E-state index in [2.05, 4.69) is 23.6 Å². The molecular formula is C18H19ClN2O. The molecule has 0 heterocycles. The Kier molecular flexibility index (Phi) is 4.46. The van der Waals surface area contributed by atoms with Gasteiger partial charge in [0.15, 0.2) is 0 Å². The minimum absolute atomic E-state index is 0.188. The van der Waals surface area contributed by atoms with Gasteiger partial charge in [0.25, 0.3) is 5.91 Å². The predicted molar refractivity (Wildman–Crippen MR) is 90.3 cm³/mol. The minimum atomic E-state index is -0.188. The van der Waals surface area contributed by atoms with Gasteiger partial charge in [-0.2, -0.15) is 0 Å². The largest absolute Gasteiger partial charge is 0.322 e. The van der Waals surface area contributed by atoms with E-state index in [0.29, 0.717) is 16.6 Å². The highest BCUT2D eigenvalue weighted by atomic mass is 35.5. The zero-order valence-corrected chi connectivity index (χ0v) is 13.2. The van der Waals surface area contributed by atoms with Gasteiger partial charge in [0.05, 0.1) is 10.6 Å². The van der Waals surface area contributed by atoms with Gasteiger partial charge in [0.2, 0.25) is 0 Å². The van der Waals surface area contributed by atoms with Crippen LogP contribution in [0, 0.1) is 5.92 Å². The van der Waals surface area contributed by atoms with E-state index in [9.17, 15) is 4.79 Å². The van der Waals surface area contributed by atoms with Crippen LogP contribution in [0.2, 0.25) is 5.02 Å². The second-order valence-corrected chi connectivity index (χ2v) is 6.24. The number of hydrogen-bond acceptors (Lipinski definition) is 2. The summed E-state index contributed by atoms with van der Waals surface area (Å²) in [4.78, 5) is 12.3. The van der Waals surface area contributed by atoms with Crippen molar-refractivity contribution >= 4 is 23.2 Å². The van der Waals surface area contributed by atoms with E-state index >= 15 is 0 Å². The summed E-state index contributed by atoms with van der Waals surface area (Å²) in [6.45, 7) is 3.07. The van der Waals surface area contributed by atoms with Crippen molar-refractivity contribution < 1.29 is 4.79 Å². The molecule has 0 aromatic heterocycles. The molecule has 0 radical (unpaired) electrons. The standard InChI is InChI=1S/C18H19ClN2O/c1-12-9-17(12)20-11-13-5-4-6-14(10-13)21-18(22)15-7-2-3-8-16(15)19/h2-8,10,12,17,20H,9,11H2,1H3,(H,21,22). The van der Waals surface area contributed by atoms with E-state index in [4.69, 9.17) is 11.6 Å². The molecule has 2 N–H and O–H groups in total. The first kappa shape index (κ1) is 15.1. The van der Waals surface area contributed by atoms with Crippen molar-refractivity contribution in [1.29, 1.82) is 0 Å². The van der Waals surface area contributed by atoms with Gasteiger partial charge in [-0.3, -0.25) is 4.79 Å². The molecule has 0 saturated heterocycles. The second-order valence-electron chi connectivity index (χ2n) is 5.83. The van der Waals surface area contributed by atoms with Crippen LogP contribution >= 0.6 is 11.6 Å². The molecule has 4 heteroatoms. The first-order valence-electron chi connectivity index (χ1n) is 7.51. The molecule has 1 saturated carbocycles. The Labute approximate surface area is 135 Å². The van der Waals surface area contributed by atoms with E-state index in [1.54, 1.807) is 18.2 Å². The van der Waals surface area contributed by atoms with Gasteiger partial charge < -0.3 is 10.6 Å². The van der Waals surface area contributed by atoms with Crippen molar-refractivity contribution in [2.24, 2.45) is 5.92 Å². The highest BCUT2D eigenvalue weighted by Crippen LogP contribution is 2.29. The molecule has 1 fully saturated rings. The van der Waals surface area contributed by atoms with Crippen LogP contribution in [-0.2, 0) is 6.54 Å². The topological polar surface area (TPSA) is 41.1 Å². The maximum Gasteiger partial charge on any atom is 0.257 e. The maximum absolute atomic E-state index is 12.3. The molecular weight excluding hydrogens is 296 g/mol. The van der Waals surface area contributed by atoms with E-state index in [1.165, 1.54) is 6.42 Å². The lowest BCUT2D eigenvalue weighted by Crippen LogP contribution is -2.17. The first-order chi connectivity index (χ1) is 10.6. The summed E-state index contributed by atoms with van der Waals surface area (Å²) >= 11 is 6.05. The number of nitrogens with one attached hydrogen (secondary N) is 2. The van der Waals surface area contributed by atoms with Crippen molar-refractivity contribution in [2.45, 2.75) is 25.9 Å². The average Bonchev–Trinajstić information content (AvgIpc) is 3.22. The van der Waals surface area contributed by atoms with Crippen molar-refractivity contribution in [2.75, 3.05) is 5.32 Å². The van der Waals surface area contributed by atoms with E-state index in [0.717, 1.165) is 23.7 Å². The third kappa shape index (κ3) is 3.67. The number of anilines is 1. The zero-order valence-electron chi connectivity index (χ0n) is 12.5. The lowest BCUT2D eigenvalue weighted by Gasteiger charge is -2.09. The third-order valence-corrected chi connectivity index (χ3v) is 4.31. The smallest absolute Gasteiger partial charge is 0.257 e. The number of rotatable bonds is 5. The second kappa shape index (κ2) is 6.51. The molecule has 22 heavy (non-hydrogen) atoms. The summed E-state index contributed by atoms with van der Waals surface area (Å²) in [5, 5.41) is 6.87. The molecule has 2 atom stereocenters. The van der Waals surface area contributed by atoms with Gasteiger partial charge in [-0.1, -0.05) is 42.8 Å². The first-order valence-corrected chi connectivity index (χ1v) is 7.89. The summed E-state index contributed by atoms with van der Waals surface area (Å²) in [5.41, 5.74) is 2.43. The molecule has 2 unspecified atom stereocenters. The fourth-order valence-corrected chi connectivity index (χ4v) is 2.68. The number of benzene rings is 2. The van der Waals surface area contributed by atoms with Crippen molar-refractivity contribution in [3.05, 3.63) is 64.7 Å². The summed E-state index contributed by atoms with van der Waals surface area (Å²) in [7, 11) is 0. The van der Waals surface area contributed by atoms with Crippen molar-refractivity contribution in [3.8, 4) is 0 Å². The van der Waals surface area contributed by atoms with E-state index in [1.807, 2.05) is 24.3 Å². The highest BCUT2D eigenvalue weighted by molar-refractivity contribution is 6.34. The van der Waals surface area contributed by atoms with Gasteiger partial charge in [-0.25, -0.2) is 0 Å². The summed E-state index contributed by atoms with van der Waals surface area (Å²) < 4.78 is 0. The molecule has 2 aromatic rings. The number of carbonyl (C=O) groups is 1. The van der Waals surface area contributed by atoms with Crippen LogP contribution in [0.15, 0.2) is 48.5 Å². The number of amides is 1. The lowest BCUT2D eigenvalue weighted by molar-refractivity contribution is 0.102. The Hall–Kier alpha value is -1.84. The minimum Gasteiger partial charge on any atom is -0.322 e. The number of hydrogen-bond donors (Lipinski definition) is 2. The van der Waals surface area contributed by atoms with E-state index < -0.39 is 0 Å². The third-order valence-electron chi connectivity index (χ3n) is 3.98. The van der Waals surface area contributed by atoms with Crippen LogP contribution in [0.4, 0.5) is 5.69 Å². The Bertz CT molecular complexity index is 686. The van der Waals surface area contributed by atoms with E-state index in [-0.39, 0.29) is 5.91 Å². The SMILES string of the molecule is CC1CC1NCc1cccc(NC(=O)c2ccccc2Cl)c1. The summed E-state index contributed by atoms with van der Waals surface area (Å²) in [6, 6.07) is 15.6. The number of halogens is 1. The Morgan fingerprint density at radius 3 is 2.73 bits per heavy atom. The molecule has 0 spiro atoms. The van der Waals surface area contributed by atoms with Gasteiger partial charge in [-0.15, -0.1) is 0 Å². The average molecular weight is 315 g/mol. The molecule has 3 rings (SSSR count). The summed E-state index contributed by atoms with van der Waals surface area (Å²) in [5.74, 6) is 0.592. The fraction of sp³-hybridized carbons (Fsp3) is 0.278. The van der Waals surface area contributed by atoms with Crippen LogP contribution < -0.4 is 10.6 Å². The van der Waals surface area contributed by atoms with Crippen molar-refractivity contribution in [3.63, 3.8) is 0 Å². The fourth-order valence-electron chi connectivity index (χ4n) is 2.46. The molecule has 0 bridgehead atoms. The van der Waals surface area contributed by atoms with Crippen molar-refractivity contribution in [1.82, 2.24) is 5.32 Å². The Morgan fingerprint density at radius 1 is 1.23 bits per heavy atom. The molecule has 3 nitrogen and oxygen atoms in total. The quantitative estimate of drug-likeness (QED) is 0.872. The number of carbonyl (C=O) groups excluding carboxylic acids is 1. The molecule has 0 aliphatic heterocycles. The van der Waals surface area contributed by atoms with Crippen LogP contribution in [0.1, 0.15) is 29.3 Å². The van der Waals surface area contributed by atoms with Gasteiger partial charge in [0, 0.05) is 18.3 Å². The summed E-state index contributed by atoms with van der Waals surface area (Å²) in [6.07, 6.45) is 1.25. The van der Waals surface area contributed by atoms with Gasteiger partial charge in [-0.05, 0) is 42.2 Å². The predicted octanol–water partition coefficient (Wildman–Crippen LogP) is 4.09. The lowest BCUT2D eigenvalue weighted by atomic mass is 10.1. The maximum atomic E-state index is 12.3. The normalized spacial score (nSPS) is 19.7. The molecule has 1 amide bonds. The Morgan fingerprint density at radius 2 is 2.00 bits per heavy atom. The molecule has 114 valence electrons. The zero-order chi connectivity index (χ0) is 15.5. The highest BCUT2D eigenvalue weighted by Gasteiger charge is 2.31.